The summed E-state index contributed by atoms with van der Waals surface area (Å²) in [4.78, 5) is 11.5. The number of nitrogens with one attached hydrogen (secondary N) is 2. The van der Waals surface area contributed by atoms with Crippen LogP contribution in [0.1, 0.15) is 23.2 Å². The first-order valence-corrected chi connectivity index (χ1v) is 6.06. The minimum atomic E-state index is -0.531. The van der Waals surface area contributed by atoms with E-state index in [0.29, 0.717) is 11.7 Å². The second-order valence-corrected chi connectivity index (χ2v) is 4.36. The molecular formula is C13H17FN2O2. The lowest BCUT2D eigenvalue weighted by Crippen LogP contribution is -2.29. The highest BCUT2D eigenvalue weighted by Gasteiger charge is 2.16. The lowest BCUT2D eigenvalue weighted by atomic mass is 10.1. The van der Waals surface area contributed by atoms with Gasteiger partial charge in [-0.05, 0) is 37.6 Å². The number of halogens is 1. The molecule has 0 bridgehead atoms. The Kier molecular flexibility index (Phi) is 4.15. The average molecular weight is 252 g/mol. The number of anilines is 1. The third-order valence-electron chi connectivity index (χ3n) is 3.09. The molecule has 0 spiro atoms. The zero-order valence-corrected chi connectivity index (χ0v) is 10.3. The molecule has 1 fully saturated rings. The summed E-state index contributed by atoms with van der Waals surface area (Å²) in [5.41, 5.74) is 0.840. The van der Waals surface area contributed by atoms with Crippen LogP contribution >= 0.6 is 0 Å². The predicted octanol–water partition coefficient (Wildman–Crippen LogP) is 1.78. The highest BCUT2D eigenvalue weighted by Crippen LogP contribution is 2.18. The number of carbonyl (C=O) groups excluding carboxylic acids is 1. The van der Waals surface area contributed by atoms with Crippen LogP contribution in [0.5, 0.6) is 0 Å². The van der Waals surface area contributed by atoms with Crippen LogP contribution in [0.15, 0.2) is 18.2 Å². The topological polar surface area (TPSA) is 50.4 Å². The van der Waals surface area contributed by atoms with Gasteiger partial charge in [-0.25, -0.2) is 9.18 Å². The summed E-state index contributed by atoms with van der Waals surface area (Å²) >= 11 is 0. The summed E-state index contributed by atoms with van der Waals surface area (Å²) in [6.07, 6.45) is 2.28. The first kappa shape index (κ1) is 12.8. The molecule has 1 atom stereocenters. The van der Waals surface area contributed by atoms with Crippen molar-refractivity contribution < 1.29 is 13.9 Å². The number of hydrogen-bond acceptors (Lipinski definition) is 4. The van der Waals surface area contributed by atoms with Crippen LogP contribution in [0.2, 0.25) is 0 Å². The Morgan fingerprint density at radius 1 is 1.61 bits per heavy atom. The summed E-state index contributed by atoms with van der Waals surface area (Å²) in [6.45, 7) is 1.75. The van der Waals surface area contributed by atoms with E-state index >= 15 is 0 Å². The molecule has 0 amide bonds. The van der Waals surface area contributed by atoms with Gasteiger partial charge in [-0.1, -0.05) is 0 Å². The van der Waals surface area contributed by atoms with Crippen molar-refractivity contribution in [1.29, 1.82) is 0 Å². The van der Waals surface area contributed by atoms with Crippen molar-refractivity contribution in [3.8, 4) is 0 Å². The molecule has 1 heterocycles. The maximum absolute atomic E-state index is 13.1. The summed E-state index contributed by atoms with van der Waals surface area (Å²) in [5, 5.41) is 6.52. The van der Waals surface area contributed by atoms with Gasteiger partial charge in [0.05, 0.1) is 12.7 Å². The zero-order chi connectivity index (χ0) is 13.0. The van der Waals surface area contributed by atoms with Crippen molar-refractivity contribution in [2.24, 2.45) is 0 Å². The monoisotopic (exact) mass is 252 g/mol. The summed E-state index contributed by atoms with van der Waals surface area (Å²) in [6, 6.07) is 4.49. The minimum absolute atomic E-state index is 0.232. The molecular weight excluding hydrogens is 235 g/mol. The van der Waals surface area contributed by atoms with E-state index in [1.165, 1.54) is 25.7 Å². The van der Waals surface area contributed by atoms with E-state index in [-0.39, 0.29) is 5.56 Å². The Bertz CT molecular complexity index is 431. The van der Waals surface area contributed by atoms with Gasteiger partial charge in [0.2, 0.25) is 0 Å². The molecule has 98 valence electrons. The number of carbonyl (C=O) groups is 1. The predicted molar refractivity (Wildman–Crippen MR) is 67.3 cm³/mol. The standard InChI is InChI=1S/C13H17FN2O2/c1-18-13(17)11-7-9(14)4-5-12(11)16-8-10-3-2-6-15-10/h4-5,7,10,15-16H,2-3,6,8H2,1H3. The van der Waals surface area contributed by atoms with Crippen LogP contribution < -0.4 is 10.6 Å². The molecule has 18 heavy (non-hydrogen) atoms. The van der Waals surface area contributed by atoms with Crippen molar-refractivity contribution in [1.82, 2.24) is 5.32 Å². The summed E-state index contributed by atoms with van der Waals surface area (Å²) in [5.74, 6) is -0.976. The molecule has 1 saturated heterocycles. The fourth-order valence-corrected chi connectivity index (χ4v) is 2.11. The van der Waals surface area contributed by atoms with Crippen molar-refractivity contribution in [3.05, 3.63) is 29.6 Å². The van der Waals surface area contributed by atoms with Gasteiger partial charge >= 0.3 is 5.97 Å². The molecule has 4 nitrogen and oxygen atoms in total. The van der Waals surface area contributed by atoms with Crippen molar-refractivity contribution >= 4 is 11.7 Å². The van der Waals surface area contributed by atoms with Crippen LogP contribution in [-0.4, -0.2) is 32.2 Å². The molecule has 1 aromatic carbocycles. The Hall–Kier alpha value is -1.62. The smallest absolute Gasteiger partial charge is 0.340 e. The quantitative estimate of drug-likeness (QED) is 0.802. The van der Waals surface area contributed by atoms with E-state index in [1.54, 1.807) is 6.07 Å². The third-order valence-corrected chi connectivity index (χ3v) is 3.09. The van der Waals surface area contributed by atoms with Gasteiger partial charge in [0.1, 0.15) is 5.82 Å². The number of benzene rings is 1. The number of ether oxygens (including phenoxy) is 1. The average Bonchev–Trinajstić information content (AvgIpc) is 2.89. The molecule has 1 aromatic rings. The third kappa shape index (κ3) is 2.98. The molecule has 1 unspecified atom stereocenters. The Labute approximate surface area is 106 Å². The Balaban J connectivity index is 2.08. The van der Waals surface area contributed by atoms with Crippen molar-refractivity contribution in [2.45, 2.75) is 18.9 Å². The number of rotatable bonds is 4. The fraction of sp³-hybridized carbons (Fsp3) is 0.462. The van der Waals surface area contributed by atoms with Crippen LogP contribution in [-0.2, 0) is 4.74 Å². The SMILES string of the molecule is COC(=O)c1cc(F)ccc1NCC1CCCN1. The van der Waals surface area contributed by atoms with Gasteiger partial charge in [-0.2, -0.15) is 0 Å². The summed E-state index contributed by atoms with van der Waals surface area (Å²) in [7, 11) is 1.29. The molecule has 1 aliphatic rings. The summed E-state index contributed by atoms with van der Waals surface area (Å²) < 4.78 is 17.8. The largest absolute Gasteiger partial charge is 0.465 e. The van der Waals surface area contributed by atoms with Crippen molar-refractivity contribution in [2.75, 3.05) is 25.5 Å². The normalized spacial score (nSPS) is 18.7. The van der Waals surface area contributed by atoms with Gasteiger partial charge in [0, 0.05) is 18.3 Å². The Morgan fingerprint density at radius 3 is 3.11 bits per heavy atom. The highest BCUT2D eigenvalue weighted by atomic mass is 19.1. The maximum Gasteiger partial charge on any atom is 0.340 e. The van der Waals surface area contributed by atoms with Crippen LogP contribution in [0.4, 0.5) is 10.1 Å². The van der Waals surface area contributed by atoms with E-state index < -0.39 is 11.8 Å². The highest BCUT2D eigenvalue weighted by molar-refractivity contribution is 5.95. The second kappa shape index (κ2) is 5.82. The van der Waals surface area contributed by atoms with E-state index in [4.69, 9.17) is 0 Å². The lowest BCUT2D eigenvalue weighted by molar-refractivity contribution is 0.0601. The van der Waals surface area contributed by atoms with Gasteiger partial charge in [0.25, 0.3) is 0 Å². The minimum Gasteiger partial charge on any atom is -0.465 e. The number of methoxy groups -OCH3 is 1. The van der Waals surface area contributed by atoms with Gasteiger partial charge < -0.3 is 15.4 Å². The first-order chi connectivity index (χ1) is 8.70. The molecule has 2 N–H and O–H groups in total. The van der Waals surface area contributed by atoms with Gasteiger partial charge in [-0.3, -0.25) is 0 Å². The zero-order valence-electron chi connectivity index (χ0n) is 10.3. The van der Waals surface area contributed by atoms with Crippen LogP contribution in [0.3, 0.4) is 0 Å². The first-order valence-electron chi connectivity index (χ1n) is 6.06. The van der Waals surface area contributed by atoms with Gasteiger partial charge in [0.15, 0.2) is 0 Å². The molecule has 1 aliphatic heterocycles. The Morgan fingerprint density at radius 2 is 2.44 bits per heavy atom. The number of hydrogen-bond donors (Lipinski definition) is 2. The van der Waals surface area contributed by atoms with Gasteiger partial charge in [-0.15, -0.1) is 0 Å². The second-order valence-electron chi connectivity index (χ2n) is 4.36. The molecule has 5 heteroatoms. The number of esters is 1. The molecule has 0 radical (unpaired) electrons. The maximum atomic E-state index is 13.1. The fourth-order valence-electron chi connectivity index (χ4n) is 2.11. The molecule has 0 aromatic heterocycles. The molecule has 2 rings (SSSR count). The lowest BCUT2D eigenvalue weighted by Gasteiger charge is -2.14. The van der Waals surface area contributed by atoms with Crippen LogP contribution in [0, 0.1) is 5.82 Å². The van der Waals surface area contributed by atoms with E-state index in [1.807, 2.05) is 0 Å². The van der Waals surface area contributed by atoms with E-state index in [2.05, 4.69) is 15.4 Å². The van der Waals surface area contributed by atoms with Crippen molar-refractivity contribution in [3.63, 3.8) is 0 Å². The molecule has 0 saturated carbocycles. The van der Waals surface area contributed by atoms with E-state index in [0.717, 1.165) is 19.5 Å². The molecule has 0 aliphatic carbocycles. The van der Waals surface area contributed by atoms with E-state index in [9.17, 15) is 9.18 Å². The van der Waals surface area contributed by atoms with Crippen LogP contribution in [0.25, 0.3) is 0 Å².